The van der Waals surface area contributed by atoms with Crippen molar-refractivity contribution in [2.45, 2.75) is 13.8 Å². The van der Waals surface area contributed by atoms with Crippen LogP contribution in [0.1, 0.15) is 23.0 Å². The van der Waals surface area contributed by atoms with E-state index in [1.54, 1.807) is 13.0 Å². The van der Waals surface area contributed by atoms with Gasteiger partial charge in [-0.05, 0) is 30.7 Å². The van der Waals surface area contributed by atoms with E-state index < -0.39 is 17.8 Å². The number of carbonyl (C=O) groups is 2. The number of nitrogens with zero attached hydrogens (tertiary/aromatic N) is 4. The van der Waals surface area contributed by atoms with Gasteiger partial charge in [-0.25, -0.2) is 9.07 Å². The summed E-state index contributed by atoms with van der Waals surface area (Å²) < 4.78 is 14.5. The Morgan fingerprint density at radius 2 is 2.13 bits per heavy atom. The van der Waals surface area contributed by atoms with Crippen LogP contribution in [0.15, 0.2) is 24.4 Å². The Bertz CT molecular complexity index is 744. The van der Waals surface area contributed by atoms with Gasteiger partial charge < -0.3 is 10.0 Å². The normalized spacial score (nSPS) is 12.0. The number of halogens is 1. The molecule has 0 fully saturated rings. The van der Waals surface area contributed by atoms with Crippen LogP contribution in [0.5, 0.6) is 0 Å². The minimum absolute atomic E-state index is 0.0661. The summed E-state index contributed by atoms with van der Waals surface area (Å²) in [7, 11) is 1.50. The van der Waals surface area contributed by atoms with Gasteiger partial charge in [-0.2, -0.15) is 0 Å². The third-order valence-electron chi connectivity index (χ3n) is 3.43. The van der Waals surface area contributed by atoms with E-state index in [2.05, 4.69) is 10.3 Å². The zero-order chi connectivity index (χ0) is 17.1. The predicted molar refractivity (Wildman–Crippen MR) is 79.8 cm³/mol. The molecule has 0 radical (unpaired) electrons. The van der Waals surface area contributed by atoms with Crippen LogP contribution in [0.2, 0.25) is 0 Å². The molecule has 0 saturated heterocycles. The molecule has 8 heteroatoms. The van der Waals surface area contributed by atoms with Crippen molar-refractivity contribution in [2.24, 2.45) is 5.92 Å². The molecule has 0 spiro atoms. The average Bonchev–Trinajstić information content (AvgIpc) is 2.95. The fourth-order valence-electron chi connectivity index (χ4n) is 2.12. The summed E-state index contributed by atoms with van der Waals surface area (Å²) in [5, 5.41) is 16.6. The SMILES string of the molecule is Cc1cc(F)ccc1-n1cc(C(=O)N(C)CC(C)C(=O)O)nn1. The van der Waals surface area contributed by atoms with Gasteiger partial charge in [0.05, 0.1) is 17.8 Å². The topological polar surface area (TPSA) is 88.3 Å². The lowest BCUT2D eigenvalue weighted by Crippen LogP contribution is -2.33. The molecule has 2 aromatic rings. The van der Waals surface area contributed by atoms with Crippen molar-refractivity contribution in [3.8, 4) is 5.69 Å². The molecule has 1 heterocycles. The number of carboxylic acid groups (broad SMARTS) is 1. The van der Waals surface area contributed by atoms with E-state index >= 15 is 0 Å². The van der Waals surface area contributed by atoms with Crippen LogP contribution in [0.3, 0.4) is 0 Å². The van der Waals surface area contributed by atoms with Crippen LogP contribution < -0.4 is 0 Å². The molecule has 1 N–H and O–H groups in total. The van der Waals surface area contributed by atoms with Gasteiger partial charge in [-0.3, -0.25) is 9.59 Å². The highest BCUT2D eigenvalue weighted by molar-refractivity contribution is 5.92. The van der Waals surface area contributed by atoms with Crippen LogP contribution >= 0.6 is 0 Å². The third-order valence-corrected chi connectivity index (χ3v) is 3.43. The second-order valence-corrected chi connectivity index (χ2v) is 5.40. The predicted octanol–water partition coefficient (Wildman–Crippen LogP) is 1.51. The highest BCUT2D eigenvalue weighted by Crippen LogP contribution is 2.15. The van der Waals surface area contributed by atoms with Crippen LogP contribution in [-0.2, 0) is 4.79 Å². The summed E-state index contributed by atoms with van der Waals surface area (Å²) in [5.41, 5.74) is 1.36. The summed E-state index contributed by atoms with van der Waals surface area (Å²) in [5.74, 6) is -2.44. The Hall–Kier alpha value is -2.77. The Morgan fingerprint density at radius 3 is 2.74 bits per heavy atom. The van der Waals surface area contributed by atoms with Gasteiger partial charge >= 0.3 is 5.97 Å². The smallest absolute Gasteiger partial charge is 0.308 e. The van der Waals surface area contributed by atoms with E-state index in [9.17, 15) is 14.0 Å². The standard InChI is InChI=1S/C15H17FN4O3/c1-9-6-11(16)4-5-13(9)20-8-12(17-18-20)14(21)19(3)7-10(2)15(22)23/h4-6,8,10H,7H2,1-3H3,(H,22,23). The van der Waals surface area contributed by atoms with E-state index in [0.29, 0.717) is 11.3 Å². The zero-order valence-electron chi connectivity index (χ0n) is 13.0. The quantitative estimate of drug-likeness (QED) is 0.902. The molecule has 2 rings (SSSR count). The number of amides is 1. The van der Waals surface area contributed by atoms with E-state index in [1.165, 1.54) is 41.9 Å². The van der Waals surface area contributed by atoms with Gasteiger partial charge in [-0.15, -0.1) is 5.10 Å². The molecule has 0 aliphatic heterocycles. The average molecular weight is 320 g/mol. The van der Waals surface area contributed by atoms with Crippen molar-refractivity contribution in [3.05, 3.63) is 41.5 Å². The highest BCUT2D eigenvalue weighted by Gasteiger charge is 2.21. The molecule has 1 unspecified atom stereocenters. The Balaban J connectivity index is 2.18. The van der Waals surface area contributed by atoms with Crippen LogP contribution in [0.4, 0.5) is 4.39 Å². The largest absolute Gasteiger partial charge is 0.481 e. The van der Waals surface area contributed by atoms with Gasteiger partial charge in [0, 0.05) is 13.6 Å². The number of hydrogen-bond acceptors (Lipinski definition) is 4. The maximum atomic E-state index is 13.1. The fourth-order valence-corrected chi connectivity index (χ4v) is 2.12. The van der Waals surface area contributed by atoms with Gasteiger partial charge in [0.2, 0.25) is 0 Å². The van der Waals surface area contributed by atoms with Crippen molar-refractivity contribution in [2.75, 3.05) is 13.6 Å². The monoisotopic (exact) mass is 320 g/mol. The van der Waals surface area contributed by atoms with E-state index in [1.807, 2.05) is 0 Å². The maximum absolute atomic E-state index is 13.1. The van der Waals surface area contributed by atoms with Crippen LogP contribution in [0, 0.1) is 18.7 Å². The summed E-state index contributed by atoms with van der Waals surface area (Å²) in [6.07, 6.45) is 1.44. The third kappa shape index (κ3) is 3.71. The van der Waals surface area contributed by atoms with Crippen LogP contribution in [-0.4, -0.2) is 50.5 Å². The summed E-state index contributed by atoms with van der Waals surface area (Å²) >= 11 is 0. The van der Waals surface area contributed by atoms with Gasteiger partial charge in [0.15, 0.2) is 5.69 Å². The van der Waals surface area contributed by atoms with E-state index in [-0.39, 0.29) is 18.1 Å². The Morgan fingerprint density at radius 1 is 1.43 bits per heavy atom. The number of aliphatic carboxylic acids is 1. The molecule has 1 atom stereocenters. The number of aryl methyl sites for hydroxylation is 1. The second-order valence-electron chi connectivity index (χ2n) is 5.40. The molecule has 23 heavy (non-hydrogen) atoms. The molecular weight excluding hydrogens is 303 g/mol. The lowest BCUT2D eigenvalue weighted by molar-refractivity contribution is -0.141. The van der Waals surface area contributed by atoms with Crippen LogP contribution in [0.25, 0.3) is 5.69 Å². The molecule has 122 valence electrons. The first-order chi connectivity index (χ1) is 10.8. The highest BCUT2D eigenvalue weighted by atomic mass is 19.1. The number of hydrogen-bond donors (Lipinski definition) is 1. The maximum Gasteiger partial charge on any atom is 0.308 e. The van der Waals surface area contributed by atoms with E-state index in [4.69, 9.17) is 5.11 Å². The number of rotatable bonds is 5. The lowest BCUT2D eigenvalue weighted by Gasteiger charge is -2.17. The molecule has 0 aliphatic carbocycles. The van der Waals surface area contributed by atoms with Gasteiger partial charge in [0.1, 0.15) is 5.82 Å². The molecule has 7 nitrogen and oxygen atoms in total. The minimum atomic E-state index is -0.977. The van der Waals surface area contributed by atoms with Gasteiger partial charge in [0.25, 0.3) is 5.91 Å². The number of benzene rings is 1. The number of carbonyl (C=O) groups excluding carboxylic acids is 1. The van der Waals surface area contributed by atoms with Crippen molar-refractivity contribution in [3.63, 3.8) is 0 Å². The molecular formula is C15H17FN4O3. The number of aromatic nitrogens is 3. The zero-order valence-corrected chi connectivity index (χ0v) is 13.0. The fraction of sp³-hybridized carbons (Fsp3) is 0.333. The first-order valence-electron chi connectivity index (χ1n) is 6.96. The Labute approximate surface area is 132 Å². The molecule has 0 bridgehead atoms. The van der Waals surface area contributed by atoms with Crippen molar-refractivity contribution in [1.82, 2.24) is 19.9 Å². The molecule has 1 aromatic carbocycles. The second kappa shape index (κ2) is 6.55. The Kier molecular flexibility index (Phi) is 4.73. The van der Waals surface area contributed by atoms with Crippen molar-refractivity contribution in [1.29, 1.82) is 0 Å². The first kappa shape index (κ1) is 16.6. The lowest BCUT2D eigenvalue weighted by atomic mass is 10.1. The summed E-state index contributed by atoms with van der Waals surface area (Å²) in [6.45, 7) is 3.31. The van der Waals surface area contributed by atoms with Gasteiger partial charge in [-0.1, -0.05) is 12.1 Å². The molecule has 0 saturated carbocycles. The van der Waals surface area contributed by atoms with Crippen molar-refractivity contribution < 1.29 is 19.1 Å². The summed E-state index contributed by atoms with van der Waals surface area (Å²) in [6, 6.07) is 4.20. The minimum Gasteiger partial charge on any atom is -0.481 e. The molecule has 0 aliphatic rings. The molecule has 1 amide bonds. The first-order valence-corrected chi connectivity index (χ1v) is 6.96. The number of carboxylic acids is 1. The van der Waals surface area contributed by atoms with Crippen molar-refractivity contribution >= 4 is 11.9 Å². The van der Waals surface area contributed by atoms with E-state index in [0.717, 1.165) is 0 Å². The summed E-state index contributed by atoms with van der Waals surface area (Å²) in [4.78, 5) is 24.4. The molecule has 1 aromatic heterocycles.